The monoisotopic (exact) mass is 278 g/mol. The summed E-state index contributed by atoms with van der Waals surface area (Å²) in [6, 6.07) is 13.3. The molecule has 4 heteroatoms. The van der Waals surface area contributed by atoms with E-state index in [1.54, 1.807) is 18.2 Å². The van der Waals surface area contributed by atoms with Crippen LogP contribution in [0.1, 0.15) is 0 Å². The van der Waals surface area contributed by atoms with E-state index in [0.717, 1.165) is 5.75 Å². The fourth-order valence-electron chi connectivity index (χ4n) is 1.60. The Labute approximate surface area is 118 Å². The van der Waals surface area contributed by atoms with Crippen molar-refractivity contribution in [3.63, 3.8) is 0 Å². The van der Waals surface area contributed by atoms with Crippen LogP contribution in [0.3, 0.4) is 0 Å². The second kappa shape index (κ2) is 5.68. The minimum atomic E-state index is 0.493. The lowest BCUT2D eigenvalue weighted by Crippen LogP contribution is -2.21. The molecule has 0 bridgehead atoms. The molecule has 0 spiro atoms. The molecule has 92 valence electrons. The van der Waals surface area contributed by atoms with Crippen LogP contribution in [0.4, 0.5) is 0 Å². The van der Waals surface area contributed by atoms with Crippen molar-refractivity contribution in [1.29, 1.82) is 0 Å². The Kier molecular flexibility index (Phi) is 4.21. The maximum absolute atomic E-state index is 5.93. The van der Waals surface area contributed by atoms with Gasteiger partial charge in [-0.15, -0.1) is 0 Å². The zero-order valence-electron chi connectivity index (χ0n) is 10.3. The Morgan fingerprint density at radius 1 is 0.833 bits per heavy atom. The topological polar surface area (TPSA) is 9.23 Å². The van der Waals surface area contributed by atoms with Gasteiger partial charge in [0.1, 0.15) is 11.5 Å². The molecule has 0 fully saturated rings. The summed E-state index contributed by atoms with van der Waals surface area (Å²) in [7, 11) is 0. The third-order valence-corrected chi connectivity index (χ3v) is 3.41. The maximum atomic E-state index is 5.93. The van der Waals surface area contributed by atoms with E-state index in [4.69, 9.17) is 27.9 Å². The predicted octanol–water partition coefficient (Wildman–Crippen LogP) is 4.75. The van der Waals surface area contributed by atoms with Crippen molar-refractivity contribution in [1.82, 2.24) is 0 Å². The van der Waals surface area contributed by atoms with Crippen LogP contribution in [0.5, 0.6) is 11.5 Å². The molecule has 18 heavy (non-hydrogen) atoms. The fourth-order valence-corrected chi connectivity index (χ4v) is 1.89. The van der Waals surface area contributed by atoms with Crippen LogP contribution in [0.15, 0.2) is 42.5 Å². The Hall–Kier alpha value is -1.12. The Bertz CT molecular complexity index is 538. The zero-order chi connectivity index (χ0) is 13.1. The number of rotatable bonds is 3. The molecule has 0 radical (unpaired) electrons. The highest BCUT2D eigenvalue weighted by molar-refractivity contribution is 6.70. The third kappa shape index (κ3) is 3.21. The van der Waals surface area contributed by atoms with Crippen LogP contribution in [0.2, 0.25) is 23.7 Å². The number of halogens is 2. The SMILES string of the molecule is CB(C)c1ccc(Oc2ccc(Cl)c(Cl)c2)cc1. The first-order valence-electron chi connectivity index (χ1n) is 5.79. The summed E-state index contributed by atoms with van der Waals surface area (Å²) < 4.78 is 5.71. The fraction of sp³-hybridized carbons (Fsp3) is 0.143. The number of benzene rings is 2. The van der Waals surface area contributed by atoms with E-state index >= 15 is 0 Å². The van der Waals surface area contributed by atoms with Gasteiger partial charge >= 0.3 is 0 Å². The molecular weight excluding hydrogens is 266 g/mol. The van der Waals surface area contributed by atoms with Gasteiger partial charge in [0.05, 0.1) is 10.0 Å². The van der Waals surface area contributed by atoms with Crippen molar-refractivity contribution in [3.8, 4) is 11.5 Å². The minimum Gasteiger partial charge on any atom is -0.457 e. The molecule has 0 unspecified atom stereocenters. The molecule has 2 aromatic carbocycles. The van der Waals surface area contributed by atoms with Gasteiger partial charge in [-0.1, -0.05) is 54.4 Å². The summed E-state index contributed by atoms with van der Waals surface area (Å²) in [6.45, 7) is 4.84. The Morgan fingerprint density at radius 3 is 2.00 bits per heavy atom. The second-order valence-corrected chi connectivity index (χ2v) is 5.22. The lowest BCUT2D eigenvalue weighted by Gasteiger charge is -2.08. The molecule has 0 atom stereocenters. The molecule has 2 aromatic rings. The van der Waals surface area contributed by atoms with Crippen LogP contribution in [0, 0.1) is 0 Å². The standard InChI is InChI=1S/C14H13BCl2O/c1-15(2)10-3-5-11(6-4-10)18-12-7-8-13(16)14(17)9-12/h3-9H,1-2H3. The van der Waals surface area contributed by atoms with Gasteiger partial charge in [-0.25, -0.2) is 0 Å². The lowest BCUT2D eigenvalue weighted by molar-refractivity contribution is 0.483. The highest BCUT2D eigenvalue weighted by Gasteiger charge is 2.04. The molecule has 1 nitrogen and oxygen atoms in total. The lowest BCUT2D eigenvalue weighted by atomic mass is 9.49. The van der Waals surface area contributed by atoms with Gasteiger partial charge < -0.3 is 4.74 Å². The van der Waals surface area contributed by atoms with Crippen molar-refractivity contribution in [2.45, 2.75) is 13.6 Å². The highest BCUT2D eigenvalue weighted by Crippen LogP contribution is 2.29. The molecule has 0 N–H and O–H groups in total. The van der Waals surface area contributed by atoms with E-state index in [2.05, 4.69) is 25.8 Å². The summed E-state index contributed by atoms with van der Waals surface area (Å²) >= 11 is 11.8. The van der Waals surface area contributed by atoms with Crippen LogP contribution in [-0.2, 0) is 0 Å². The quantitative estimate of drug-likeness (QED) is 0.737. The first-order chi connectivity index (χ1) is 8.56. The highest BCUT2D eigenvalue weighted by atomic mass is 35.5. The molecule has 0 saturated heterocycles. The van der Waals surface area contributed by atoms with Crippen LogP contribution in [-0.4, -0.2) is 6.71 Å². The summed E-state index contributed by atoms with van der Waals surface area (Å²) in [5, 5.41) is 1.02. The molecule has 0 heterocycles. The minimum absolute atomic E-state index is 0.493. The number of ether oxygens (including phenoxy) is 1. The van der Waals surface area contributed by atoms with Gasteiger partial charge in [-0.3, -0.25) is 0 Å². The van der Waals surface area contributed by atoms with E-state index < -0.39 is 0 Å². The summed E-state index contributed by atoms with van der Waals surface area (Å²) in [5.74, 6) is 1.47. The third-order valence-electron chi connectivity index (χ3n) is 2.67. The maximum Gasteiger partial charge on any atom is 0.169 e. The van der Waals surface area contributed by atoms with E-state index in [9.17, 15) is 0 Å². The van der Waals surface area contributed by atoms with Crippen LogP contribution in [0.25, 0.3) is 0 Å². The van der Waals surface area contributed by atoms with Crippen molar-refractivity contribution in [2.75, 3.05) is 0 Å². The first-order valence-corrected chi connectivity index (χ1v) is 6.54. The van der Waals surface area contributed by atoms with E-state index in [1.165, 1.54) is 5.46 Å². The average molecular weight is 279 g/mol. The number of hydrogen-bond donors (Lipinski definition) is 0. The molecule has 0 aliphatic carbocycles. The largest absolute Gasteiger partial charge is 0.457 e. The molecule has 2 rings (SSSR count). The Balaban J connectivity index is 2.15. The van der Waals surface area contributed by atoms with Gasteiger partial charge in [-0.05, 0) is 24.3 Å². The first kappa shape index (κ1) is 13.3. The Morgan fingerprint density at radius 2 is 1.44 bits per heavy atom. The van der Waals surface area contributed by atoms with Crippen molar-refractivity contribution in [2.24, 2.45) is 0 Å². The van der Waals surface area contributed by atoms with E-state index in [-0.39, 0.29) is 0 Å². The summed E-state index contributed by atoms with van der Waals surface area (Å²) in [4.78, 5) is 0. The van der Waals surface area contributed by atoms with Gasteiger partial charge in [-0.2, -0.15) is 0 Å². The summed E-state index contributed by atoms with van der Waals surface area (Å²) in [6.07, 6.45) is 0. The van der Waals surface area contributed by atoms with Gasteiger partial charge in [0.2, 0.25) is 0 Å². The summed E-state index contributed by atoms with van der Waals surface area (Å²) in [5.41, 5.74) is 1.29. The predicted molar refractivity (Wildman–Crippen MR) is 80.1 cm³/mol. The van der Waals surface area contributed by atoms with Gasteiger partial charge in [0.15, 0.2) is 6.71 Å². The molecule has 0 amide bonds. The molecule has 0 aromatic heterocycles. The van der Waals surface area contributed by atoms with E-state index in [0.29, 0.717) is 22.5 Å². The average Bonchev–Trinajstić information content (AvgIpc) is 2.34. The normalized spacial score (nSPS) is 10.2. The second-order valence-electron chi connectivity index (χ2n) is 4.40. The van der Waals surface area contributed by atoms with Crippen LogP contribution >= 0.6 is 23.2 Å². The van der Waals surface area contributed by atoms with Crippen molar-refractivity contribution in [3.05, 3.63) is 52.5 Å². The van der Waals surface area contributed by atoms with Gasteiger partial charge in [0, 0.05) is 6.07 Å². The smallest absolute Gasteiger partial charge is 0.169 e. The van der Waals surface area contributed by atoms with Crippen LogP contribution < -0.4 is 10.2 Å². The van der Waals surface area contributed by atoms with Crippen molar-refractivity contribution >= 4 is 35.4 Å². The molecule has 0 aliphatic heterocycles. The van der Waals surface area contributed by atoms with E-state index in [1.807, 2.05) is 12.1 Å². The zero-order valence-corrected chi connectivity index (χ0v) is 11.8. The number of hydrogen-bond acceptors (Lipinski definition) is 1. The molecular formula is C14H13BCl2O. The van der Waals surface area contributed by atoms with Crippen molar-refractivity contribution < 1.29 is 4.74 Å². The molecule has 0 aliphatic rings. The van der Waals surface area contributed by atoms with Gasteiger partial charge in [0.25, 0.3) is 0 Å². The molecule has 0 saturated carbocycles.